The second kappa shape index (κ2) is 6.74. The molecule has 78 valence electrons. The van der Waals surface area contributed by atoms with E-state index in [0.29, 0.717) is 0 Å². The summed E-state index contributed by atoms with van der Waals surface area (Å²) in [6.45, 7) is 4.22. The highest BCUT2D eigenvalue weighted by Crippen LogP contribution is 2.22. The Morgan fingerprint density at radius 3 is 3.00 bits per heavy atom. The standard InChI is InChI=1S/C11H17NOS/c1-3-12-7-8-14-11-6-4-5-10(9-11)13-2/h4-6,9,12H,3,7-8H2,1-2H3. The molecule has 1 N–H and O–H groups in total. The number of rotatable bonds is 6. The number of benzene rings is 1. The largest absolute Gasteiger partial charge is 0.497 e. The minimum atomic E-state index is 0.929. The van der Waals surface area contributed by atoms with Crippen LogP contribution in [0, 0.1) is 0 Å². The van der Waals surface area contributed by atoms with E-state index in [0.717, 1.165) is 24.6 Å². The molecule has 3 heteroatoms. The predicted octanol–water partition coefficient (Wildman–Crippen LogP) is 2.40. The van der Waals surface area contributed by atoms with Crippen molar-refractivity contribution in [2.75, 3.05) is 26.0 Å². The van der Waals surface area contributed by atoms with Crippen LogP contribution in [0.2, 0.25) is 0 Å². The minimum absolute atomic E-state index is 0.929. The van der Waals surface area contributed by atoms with Crippen LogP contribution in [-0.2, 0) is 0 Å². The van der Waals surface area contributed by atoms with Crippen molar-refractivity contribution in [3.05, 3.63) is 24.3 Å². The summed E-state index contributed by atoms with van der Waals surface area (Å²) in [4.78, 5) is 1.27. The van der Waals surface area contributed by atoms with Crippen LogP contribution in [0.1, 0.15) is 6.92 Å². The Balaban J connectivity index is 2.34. The van der Waals surface area contributed by atoms with Gasteiger partial charge in [-0.2, -0.15) is 0 Å². The maximum Gasteiger partial charge on any atom is 0.119 e. The molecule has 14 heavy (non-hydrogen) atoms. The summed E-state index contributed by atoms with van der Waals surface area (Å²) in [5.74, 6) is 2.03. The molecule has 0 atom stereocenters. The van der Waals surface area contributed by atoms with Crippen molar-refractivity contribution in [2.24, 2.45) is 0 Å². The highest BCUT2D eigenvalue weighted by molar-refractivity contribution is 7.99. The van der Waals surface area contributed by atoms with Gasteiger partial charge in [-0.25, -0.2) is 0 Å². The average molecular weight is 211 g/mol. The molecule has 0 aliphatic rings. The van der Waals surface area contributed by atoms with Crippen LogP contribution in [0.15, 0.2) is 29.2 Å². The molecule has 0 spiro atoms. The molecular formula is C11H17NOS. The molecule has 0 bridgehead atoms. The zero-order valence-electron chi connectivity index (χ0n) is 8.75. The molecule has 0 saturated heterocycles. The Morgan fingerprint density at radius 1 is 1.43 bits per heavy atom. The molecule has 1 rings (SSSR count). The normalized spacial score (nSPS) is 10.1. The van der Waals surface area contributed by atoms with Crippen molar-refractivity contribution in [2.45, 2.75) is 11.8 Å². The number of ether oxygens (including phenoxy) is 1. The molecular weight excluding hydrogens is 194 g/mol. The third-order valence-electron chi connectivity index (χ3n) is 1.84. The summed E-state index contributed by atoms with van der Waals surface area (Å²) in [7, 11) is 1.70. The van der Waals surface area contributed by atoms with Gasteiger partial charge < -0.3 is 10.1 Å². The van der Waals surface area contributed by atoms with Crippen LogP contribution in [0.4, 0.5) is 0 Å². The number of hydrogen-bond acceptors (Lipinski definition) is 3. The maximum atomic E-state index is 5.15. The molecule has 0 heterocycles. The van der Waals surface area contributed by atoms with Gasteiger partial charge in [0.15, 0.2) is 0 Å². The third-order valence-corrected chi connectivity index (χ3v) is 2.83. The Bertz CT molecular complexity index is 265. The van der Waals surface area contributed by atoms with Crippen LogP contribution in [-0.4, -0.2) is 26.0 Å². The van der Waals surface area contributed by atoms with Crippen molar-refractivity contribution >= 4 is 11.8 Å². The first-order valence-electron chi connectivity index (χ1n) is 4.84. The molecule has 0 aliphatic heterocycles. The van der Waals surface area contributed by atoms with Gasteiger partial charge in [0.2, 0.25) is 0 Å². The molecule has 0 aliphatic carbocycles. The van der Waals surface area contributed by atoms with Gasteiger partial charge in [0.05, 0.1) is 7.11 Å². The van der Waals surface area contributed by atoms with E-state index in [-0.39, 0.29) is 0 Å². The quantitative estimate of drug-likeness (QED) is 0.576. The van der Waals surface area contributed by atoms with E-state index in [1.165, 1.54) is 4.90 Å². The SMILES string of the molecule is CCNCCSc1cccc(OC)c1. The van der Waals surface area contributed by atoms with E-state index in [4.69, 9.17) is 4.74 Å². The van der Waals surface area contributed by atoms with Crippen LogP contribution in [0.5, 0.6) is 5.75 Å². The van der Waals surface area contributed by atoms with Gasteiger partial charge in [-0.3, -0.25) is 0 Å². The first-order valence-corrected chi connectivity index (χ1v) is 5.83. The van der Waals surface area contributed by atoms with Gasteiger partial charge in [0.1, 0.15) is 5.75 Å². The Hall–Kier alpha value is -0.670. The summed E-state index contributed by atoms with van der Waals surface area (Å²) in [5, 5.41) is 3.30. The molecule has 2 nitrogen and oxygen atoms in total. The predicted molar refractivity (Wildman–Crippen MR) is 62.3 cm³/mol. The van der Waals surface area contributed by atoms with Crippen LogP contribution < -0.4 is 10.1 Å². The van der Waals surface area contributed by atoms with Crippen LogP contribution in [0.3, 0.4) is 0 Å². The molecule has 0 aromatic heterocycles. The number of methoxy groups -OCH3 is 1. The topological polar surface area (TPSA) is 21.3 Å². The molecule has 1 aromatic rings. The highest BCUT2D eigenvalue weighted by Gasteiger charge is 1.95. The van der Waals surface area contributed by atoms with E-state index in [9.17, 15) is 0 Å². The molecule has 0 saturated carbocycles. The second-order valence-corrected chi connectivity index (χ2v) is 4.05. The lowest BCUT2D eigenvalue weighted by Gasteiger charge is -2.04. The van der Waals surface area contributed by atoms with Gasteiger partial charge in [0.25, 0.3) is 0 Å². The molecule has 0 unspecified atom stereocenters. The minimum Gasteiger partial charge on any atom is -0.497 e. The number of thioether (sulfide) groups is 1. The van der Waals surface area contributed by atoms with E-state index < -0.39 is 0 Å². The van der Waals surface area contributed by atoms with Gasteiger partial charge in [-0.1, -0.05) is 13.0 Å². The first-order chi connectivity index (χ1) is 6.86. The number of hydrogen-bond donors (Lipinski definition) is 1. The fourth-order valence-electron chi connectivity index (χ4n) is 1.11. The fourth-order valence-corrected chi connectivity index (χ4v) is 1.97. The molecule has 0 amide bonds. The maximum absolute atomic E-state index is 5.15. The average Bonchev–Trinajstić information content (AvgIpc) is 2.25. The smallest absolute Gasteiger partial charge is 0.119 e. The molecule has 0 fully saturated rings. The van der Waals surface area contributed by atoms with E-state index in [1.807, 2.05) is 23.9 Å². The lowest BCUT2D eigenvalue weighted by atomic mass is 10.3. The summed E-state index contributed by atoms with van der Waals surface area (Å²) in [6, 6.07) is 8.17. The van der Waals surface area contributed by atoms with Gasteiger partial charge in [-0.15, -0.1) is 11.8 Å². The molecule has 0 radical (unpaired) electrons. The fraction of sp³-hybridized carbons (Fsp3) is 0.455. The zero-order valence-corrected chi connectivity index (χ0v) is 9.56. The van der Waals surface area contributed by atoms with Gasteiger partial charge in [0, 0.05) is 17.2 Å². The van der Waals surface area contributed by atoms with Crippen LogP contribution in [0.25, 0.3) is 0 Å². The second-order valence-electron chi connectivity index (χ2n) is 2.88. The lowest BCUT2D eigenvalue weighted by Crippen LogP contribution is -2.15. The summed E-state index contributed by atoms with van der Waals surface area (Å²) in [6.07, 6.45) is 0. The van der Waals surface area contributed by atoms with E-state index in [2.05, 4.69) is 24.4 Å². The van der Waals surface area contributed by atoms with Crippen molar-refractivity contribution in [3.8, 4) is 5.75 Å². The van der Waals surface area contributed by atoms with Crippen molar-refractivity contribution in [3.63, 3.8) is 0 Å². The zero-order chi connectivity index (χ0) is 10.2. The Morgan fingerprint density at radius 2 is 2.29 bits per heavy atom. The third kappa shape index (κ3) is 4.03. The Labute approximate surface area is 90.0 Å². The van der Waals surface area contributed by atoms with Crippen molar-refractivity contribution in [1.82, 2.24) is 5.32 Å². The summed E-state index contributed by atoms with van der Waals surface area (Å²) >= 11 is 1.85. The first kappa shape index (κ1) is 11.4. The highest BCUT2D eigenvalue weighted by atomic mass is 32.2. The van der Waals surface area contributed by atoms with Gasteiger partial charge >= 0.3 is 0 Å². The lowest BCUT2D eigenvalue weighted by molar-refractivity contribution is 0.413. The van der Waals surface area contributed by atoms with Gasteiger partial charge in [-0.05, 0) is 24.7 Å². The monoisotopic (exact) mass is 211 g/mol. The van der Waals surface area contributed by atoms with E-state index in [1.54, 1.807) is 7.11 Å². The summed E-state index contributed by atoms with van der Waals surface area (Å²) < 4.78 is 5.15. The van der Waals surface area contributed by atoms with Crippen LogP contribution >= 0.6 is 11.8 Å². The Kier molecular flexibility index (Phi) is 5.49. The van der Waals surface area contributed by atoms with E-state index >= 15 is 0 Å². The number of nitrogens with one attached hydrogen (secondary N) is 1. The molecule has 1 aromatic carbocycles. The van der Waals surface area contributed by atoms with Crippen molar-refractivity contribution in [1.29, 1.82) is 0 Å². The van der Waals surface area contributed by atoms with Crippen molar-refractivity contribution < 1.29 is 4.74 Å². The summed E-state index contributed by atoms with van der Waals surface area (Å²) in [5.41, 5.74) is 0.